The zero-order valence-corrected chi connectivity index (χ0v) is 15.9. The molecule has 0 aromatic carbocycles. The predicted octanol–water partition coefficient (Wildman–Crippen LogP) is 2.20. The summed E-state index contributed by atoms with van der Waals surface area (Å²) in [6.45, 7) is 4.76. The second-order valence-corrected chi connectivity index (χ2v) is 5.93. The Balaban J connectivity index is 2.46. The van der Waals surface area contributed by atoms with Gasteiger partial charge in [0, 0.05) is 32.8 Å². The first-order valence-electron chi connectivity index (χ1n) is 8.35. The second-order valence-electron chi connectivity index (χ2n) is 5.59. The number of halogens is 1. The lowest BCUT2D eigenvalue weighted by molar-refractivity contribution is -0.124. The van der Waals surface area contributed by atoms with Gasteiger partial charge < -0.3 is 15.7 Å². The van der Waals surface area contributed by atoms with Crippen molar-refractivity contribution in [2.24, 2.45) is 0 Å². The Bertz CT molecular complexity index is 687. The Morgan fingerprint density at radius 2 is 2.15 bits per heavy atom. The van der Waals surface area contributed by atoms with E-state index in [-0.39, 0.29) is 11.2 Å². The fraction of sp³-hybridized carbons (Fsp3) is 0.529. The average molecular weight is 382 g/mol. The van der Waals surface area contributed by atoms with E-state index in [1.165, 1.54) is 14.0 Å². The van der Waals surface area contributed by atoms with Crippen LogP contribution in [0.5, 0.6) is 0 Å². The molecule has 142 valence electrons. The SMILES string of the molecule is CCCNc1nc(Cl)ncc1C#CCCCNC(=O)C(C)N(C)C(=O)O. The molecule has 0 radical (unpaired) electrons. The second kappa shape index (κ2) is 11.2. The van der Waals surface area contributed by atoms with Crippen LogP contribution in [0.15, 0.2) is 6.20 Å². The number of nitrogens with one attached hydrogen (secondary N) is 2. The zero-order valence-electron chi connectivity index (χ0n) is 15.2. The maximum absolute atomic E-state index is 11.8. The minimum absolute atomic E-state index is 0.164. The minimum atomic E-state index is -1.14. The van der Waals surface area contributed by atoms with Crippen molar-refractivity contribution in [3.8, 4) is 11.8 Å². The van der Waals surface area contributed by atoms with Gasteiger partial charge in [-0.2, -0.15) is 4.98 Å². The lowest BCUT2D eigenvalue weighted by atomic mass is 10.2. The molecule has 1 unspecified atom stereocenters. The van der Waals surface area contributed by atoms with Gasteiger partial charge in [-0.05, 0) is 31.4 Å². The number of rotatable bonds is 8. The summed E-state index contributed by atoms with van der Waals surface area (Å²) >= 11 is 5.80. The van der Waals surface area contributed by atoms with Crippen LogP contribution < -0.4 is 10.6 Å². The molecule has 0 bridgehead atoms. The van der Waals surface area contributed by atoms with E-state index in [9.17, 15) is 9.59 Å². The lowest BCUT2D eigenvalue weighted by Gasteiger charge is -2.20. The molecule has 0 saturated carbocycles. The number of carboxylic acid groups (broad SMARTS) is 1. The lowest BCUT2D eigenvalue weighted by Crippen LogP contribution is -2.45. The van der Waals surface area contributed by atoms with Gasteiger partial charge in [-0.25, -0.2) is 9.78 Å². The molecule has 1 atom stereocenters. The fourth-order valence-electron chi connectivity index (χ4n) is 1.87. The third-order valence-corrected chi connectivity index (χ3v) is 3.75. The van der Waals surface area contributed by atoms with Crippen LogP contribution in [0.1, 0.15) is 38.7 Å². The number of anilines is 1. The van der Waals surface area contributed by atoms with Crippen LogP contribution in [0.3, 0.4) is 0 Å². The van der Waals surface area contributed by atoms with Gasteiger partial charge in [-0.3, -0.25) is 9.69 Å². The van der Waals surface area contributed by atoms with Gasteiger partial charge in [0.1, 0.15) is 11.9 Å². The molecular formula is C17H24ClN5O3. The van der Waals surface area contributed by atoms with E-state index in [0.29, 0.717) is 30.8 Å². The van der Waals surface area contributed by atoms with Gasteiger partial charge in [-0.1, -0.05) is 18.8 Å². The third-order valence-electron chi connectivity index (χ3n) is 3.56. The largest absolute Gasteiger partial charge is 0.465 e. The van der Waals surface area contributed by atoms with Gasteiger partial charge in [0.15, 0.2) is 0 Å². The third kappa shape index (κ3) is 7.15. The summed E-state index contributed by atoms with van der Waals surface area (Å²) in [5.41, 5.74) is 0.670. The van der Waals surface area contributed by atoms with Crippen LogP contribution in [-0.4, -0.2) is 58.2 Å². The number of nitrogens with zero attached hydrogens (tertiary/aromatic N) is 3. The Kier molecular flexibility index (Phi) is 9.23. The van der Waals surface area contributed by atoms with E-state index in [4.69, 9.17) is 16.7 Å². The number of aromatic nitrogens is 2. The van der Waals surface area contributed by atoms with Crippen LogP contribution in [0.2, 0.25) is 5.28 Å². The maximum Gasteiger partial charge on any atom is 0.407 e. The van der Waals surface area contributed by atoms with Crippen LogP contribution in [0.4, 0.5) is 10.6 Å². The maximum atomic E-state index is 11.8. The molecule has 1 heterocycles. The molecular weight excluding hydrogens is 358 g/mol. The number of carbonyl (C=O) groups excluding carboxylic acids is 1. The van der Waals surface area contributed by atoms with Gasteiger partial charge in [-0.15, -0.1) is 0 Å². The van der Waals surface area contributed by atoms with Crippen LogP contribution in [-0.2, 0) is 4.79 Å². The topological polar surface area (TPSA) is 107 Å². The van der Waals surface area contributed by atoms with Crippen molar-refractivity contribution in [1.29, 1.82) is 0 Å². The first-order chi connectivity index (χ1) is 12.4. The Morgan fingerprint density at radius 1 is 1.42 bits per heavy atom. The van der Waals surface area contributed by atoms with Crippen molar-refractivity contribution >= 4 is 29.4 Å². The molecule has 3 N–H and O–H groups in total. The highest BCUT2D eigenvalue weighted by molar-refractivity contribution is 6.28. The molecule has 1 aromatic heterocycles. The molecule has 0 aliphatic heterocycles. The molecule has 0 spiro atoms. The van der Waals surface area contributed by atoms with Crippen LogP contribution in [0.25, 0.3) is 0 Å². The fourth-order valence-corrected chi connectivity index (χ4v) is 2.00. The number of amides is 2. The monoisotopic (exact) mass is 381 g/mol. The van der Waals surface area contributed by atoms with Crippen molar-refractivity contribution in [3.05, 3.63) is 17.0 Å². The Morgan fingerprint density at radius 3 is 2.81 bits per heavy atom. The average Bonchev–Trinajstić information content (AvgIpc) is 2.62. The van der Waals surface area contributed by atoms with E-state index in [1.54, 1.807) is 6.20 Å². The standard InChI is InChI=1S/C17H24ClN5O3/c1-4-9-19-14-13(11-21-16(18)22-14)8-6-5-7-10-20-15(24)12(2)23(3)17(25)26/h11-12H,4-5,7,9-10H2,1-3H3,(H,20,24)(H,25,26)(H,19,21,22). The van der Waals surface area contributed by atoms with Gasteiger partial charge >= 0.3 is 6.09 Å². The first kappa shape index (κ1) is 21.5. The number of likely N-dealkylation sites (N-methyl/N-ethyl adjacent to an activating group) is 1. The predicted molar refractivity (Wildman–Crippen MR) is 100 cm³/mol. The van der Waals surface area contributed by atoms with E-state index >= 15 is 0 Å². The highest BCUT2D eigenvalue weighted by Crippen LogP contribution is 2.13. The van der Waals surface area contributed by atoms with E-state index < -0.39 is 12.1 Å². The van der Waals surface area contributed by atoms with Gasteiger partial charge in [0.25, 0.3) is 0 Å². The highest BCUT2D eigenvalue weighted by atomic mass is 35.5. The molecule has 1 rings (SSSR count). The molecule has 2 amide bonds. The molecule has 1 aromatic rings. The quantitative estimate of drug-likeness (QED) is 0.362. The van der Waals surface area contributed by atoms with Crippen LogP contribution >= 0.6 is 11.6 Å². The summed E-state index contributed by atoms with van der Waals surface area (Å²) in [7, 11) is 1.36. The summed E-state index contributed by atoms with van der Waals surface area (Å²) in [6.07, 6.45) is 2.60. The molecule has 0 aliphatic carbocycles. The smallest absolute Gasteiger partial charge is 0.407 e. The number of hydrogen-bond donors (Lipinski definition) is 3. The summed E-state index contributed by atoms with van der Waals surface area (Å²) in [5, 5.41) is 14.9. The minimum Gasteiger partial charge on any atom is -0.465 e. The Hall–Kier alpha value is -2.53. The van der Waals surface area contributed by atoms with Gasteiger partial charge in [0.05, 0.1) is 5.56 Å². The van der Waals surface area contributed by atoms with Crippen molar-refractivity contribution in [2.75, 3.05) is 25.5 Å². The van der Waals surface area contributed by atoms with Crippen molar-refractivity contribution in [1.82, 2.24) is 20.2 Å². The van der Waals surface area contributed by atoms with Gasteiger partial charge in [0.2, 0.25) is 11.2 Å². The zero-order chi connectivity index (χ0) is 19.5. The molecule has 8 nitrogen and oxygen atoms in total. The summed E-state index contributed by atoms with van der Waals surface area (Å²) in [6, 6.07) is -0.739. The van der Waals surface area contributed by atoms with Crippen molar-refractivity contribution in [2.45, 2.75) is 39.2 Å². The van der Waals surface area contributed by atoms with E-state index in [1.807, 2.05) is 6.92 Å². The summed E-state index contributed by atoms with van der Waals surface area (Å²) < 4.78 is 0. The summed E-state index contributed by atoms with van der Waals surface area (Å²) in [5.74, 6) is 6.29. The molecule has 9 heteroatoms. The molecule has 26 heavy (non-hydrogen) atoms. The molecule has 0 saturated heterocycles. The first-order valence-corrected chi connectivity index (χ1v) is 8.73. The number of hydrogen-bond acceptors (Lipinski definition) is 5. The number of unbranched alkanes of at least 4 members (excludes halogenated alkanes) is 1. The molecule has 0 aliphatic rings. The van der Waals surface area contributed by atoms with Crippen LogP contribution in [0, 0.1) is 11.8 Å². The number of carbonyl (C=O) groups is 2. The highest BCUT2D eigenvalue weighted by Gasteiger charge is 2.20. The Labute approximate surface area is 158 Å². The molecule has 0 fully saturated rings. The normalized spacial score (nSPS) is 11.1. The van der Waals surface area contributed by atoms with Crippen molar-refractivity contribution < 1.29 is 14.7 Å². The van der Waals surface area contributed by atoms with Crippen molar-refractivity contribution in [3.63, 3.8) is 0 Å². The van der Waals surface area contributed by atoms with E-state index in [2.05, 4.69) is 32.4 Å². The van der Waals surface area contributed by atoms with E-state index in [0.717, 1.165) is 17.9 Å². The summed E-state index contributed by atoms with van der Waals surface area (Å²) in [4.78, 5) is 31.7.